The van der Waals surface area contributed by atoms with E-state index < -0.39 is 0 Å². The van der Waals surface area contributed by atoms with E-state index in [1.165, 1.54) is 11.3 Å². The van der Waals surface area contributed by atoms with Crippen LogP contribution >= 0.6 is 22.9 Å². The molecule has 4 rings (SSSR count). The second-order valence-electron chi connectivity index (χ2n) is 7.47. The van der Waals surface area contributed by atoms with Crippen LogP contribution in [0, 0.1) is 11.3 Å². The van der Waals surface area contributed by atoms with Gasteiger partial charge in [-0.15, -0.1) is 11.3 Å². The summed E-state index contributed by atoms with van der Waals surface area (Å²) >= 11 is 7.80. The number of carbonyl (C=O) groups is 1. The first-order valence-electron chi connectivity index (χ1n) is 10.2. The third-order valence-corrected chi connectivity index (χ3v) is 6.83. The van der Waals surface area contributed by atoms with Crippen LogP contribution < -0.4 is 11.1 Å². The fourth-order valence-corrected chi connectivity index (χ4v) is 4.87. The second kappa shape index (κ2) is 11.1. The molecule has 0 spiro atoms. The number of nitrogen functional groups attached to an aromatic ring is 1. The summed E-state index contributed by atoms with van der Waals surface area (Å²) in [7, 11) is 0. The van der Waals surface area contributed by atoms with Crippen LogP contribution in [0.2, 0.25) is 5.02 Å². The molecule has 2 aromatic carbocycles. The van der Waals surface area contributed by atoms with Gasteiger partial charge in [-0.1, -0.05) is 49.4 Å². The lowest BCUT2D eigenvalue weighted by Gasteiger charge is -2.05. The molecule has 7 heteroatoms. The van der Waals surface area contributed by atoms with Crippen LogP contribution in [0.5, 0.6) is 0 Å². The summed E-state index contributed by atoms with van der Waals surface area (Å²) in [5, 5.41) is 14.9. The number of ketones is 1. The number of nitrogens with two attached hydrogens (primary N) is 1. The van der Waals surface area contributed by atoms with Crippen LogP contribution in [0.25, 0.3) is 10.8 Å². The Bertz CT molecular complexity index is 1330. The van der Waals surface area contributed by atoms with Crippen LogP contribution in [0.15, 0.2) is 60.8 Å². The molecule has 5 nitrogen and oxygen atoms in total. The average molecular weight is 477 g/mol. The number of fused-ring (bicyclic) bond motifs is 1. The molecule has 0 aliphatic carbocycles. The molecule has 0 bridgehead atoms. The predicted octanol–water partition coefficient (Wildman–Crippen LogP) is 6.14. The molecule has 0 fully saturated rings. The first-order chi connectivity index (χ1) is 15.5. The van der Waals surface area contributed by atoms with E-state index >= 15 is 0 Å². The van der Waals surface area contributed by atoms with Gasteiger partial charge in [-0.25, -0.2) is 4.98 Å². The number of hydrogen-bond donors (Lipinski definition) is 2. The number of nitrogens with one attached hydrogen (secondary N) is 1. The first-order valence-corrected chi connectivity index (χ1v) is 11.4. The molecule has 33 heavy (non-hydrogen) atoms. The molecule has 0 saturated heterocycles. The quantitative estimate of drug-likeness (QED) is 0.298. The van der Waals surface area contributed by atoms with Crippen molar-refractivity contribution in [2.45, 2.75) is 33.4 Å². The standard InChI is InChI=1S/C25H21ClN4OS.CH4/c26-21-12-23(32-24(21)15-29-14-18-3-1-2-17(10-18)13-27)22(31)7-5-16-4-6-20-19(11-16)8-9-30-25(20)28;/h1-4,6,8-12,29H,5,7,14-15H2,(H2,28,30);1H4. The molecule has 0 aliphatic heterocycles. The molecule has 0 amide bonds. The third kappa shape index (κ3) is 5.96. The molecular formula is C26H25ClN4OS. The van der Waals surface area contributed by atoms with Crippen LogP contribution in [0.3, 0.4) is 0 Å². The van der Waals surface area contributed by atoms with E-state index in [1.54, 1.807) is 18.3 Å². The van der Waals surface area contributed by atoms with Gasteiger partial charge in [0, 0.05) is 36.0 Å². The highest BCUT2D eigenvalue weighted by molar-refractivity contribution is 7.14. The molecule has 2 heterocycles. The maximum Gasteiger partial charge on any atom is 0.173 e. The van der Waals surface area contributed by atoms with Crippen LogP contribution in [0.1, 0.15) is 45.1 Å². The van der Waals surface area contributed by atoms with Crippen molar-refractivity contribution in [2.75, 3.05) is 5.73 Å². The number of carbonyl (C=O) groups excluding carboxylic acids is 1. The highest BCUT2D eigenvalue weighted by atomic mass is 35.5. The van der Waals surface area contributed by atoms with Gasteiger partial charge in [-0.2, -0.15) is 5.26 Å². The Morgan fingerprint density at radius 1 is 1.12 bits per heavy atom. The van der Waals surface area contributed by atoms with Gasteiger partial charge in [0.15, 0.2) is 5.78 Å². The van der Waals surface area contributed by atoms with Crippen molar-refractivity contribution in [2.24, 2.45) is 0 Å². The number of nitrogens with zero attached hydrogens (tertiary/aromatic N) is 2. The number of Topliss-reactive ketones (excluding diaryl/α,β-unsaturated/α-hetero) is 1. The predicted molar refractivity (Wildman–Crippen MR) is 137 cm³/mol. The molecule has 3 N–H and O–H groups in total. The van der Waals surface area contributed by atoms with Gasteiger partial charge in [0.1, 0.15) is 5.82 Å². The molecular weight excluding hydrogens is 452 g/mol. The number of rotatable bonds is 8. The Morgan fingerprint density at radius 2 is 1.97 bits per heavy atom. The van der Waals surface area contributed by atoms with Crippen molar-refractivity contribution >= 4 is 45.3 Å². The summed E-state index contributed by atoms with van der Waals surface area (Å²) in [6, 6.07) is 19.3. The summed E-state index contributed by atoms with van der Waals surface area (Å²) in [4.78, 5) is 18.4. The summed E-state index contributed by atoms with van der Waals surface area (Å²) in [6.07, 6.45) is 2.75. The molecule has 2 aromatic heterocycles. The van der Waals surface area contributed by atoms with E-state index in [2.05, 4.69) is 22.4 Å². The fourth-order valence-electron chi connectivity index (χ4n) is 3.52. The smallest absolute Gasteiger partial charge is 0.173 e. The number of benzene rings is 2. The van der Waals surface area contributed by atoms with Gasteiger partial charge in [0.25, 0.3) is 0 Å². The maximum atomic E-state index is 12.7. The van der Waals surface area contributed by atoms with Gasteiger partial charge >= 0.3 is 0 Å². The fraction of sp³-hybridized carbons (Fsp3) is 0.192. The monoisotopic (exact) mass is 476 g/mol. The Balaban J connectivity index is 0.00000306. The lowest BCUT2D eigenvalue weighted by Crippen LogP contribution is -2.12. The van der Waals surface area contributed by atoms with Gasteiger partial charge in [0.2, 0.25) is 0 Å². The van der Waals surface area contributed by atoms with E-state index in [0.717, 1.165) is 26.8 Å². The first kappa shape index (κ1) is 24.4. The van der Waals surface area contributed by atoms with Gasteiger partial charge in [0.05, 0.1) is 21.5 Å². The lowest BCUT2D eigenvalue weighted by atomic mass is 10.0. The zero-order chi connectivity index (χ0) is 22.5. The summed E-state index contributed by atoms with van der Waals surface area (Å²) in [5.41, 5.74) is 8.66. The molecule has 0 atom stereocenters. The third-order valence-electron chi connectivity index (χ3n) is 5.20. The van der Waals surface area contributed by atoms with Gasteiger partial charge in [-0.05, 0) is 47.2 Å². The number of halogens is 1. The molecule has 168 valence electrons. The van der Waals surface area contributed by atoms with E-state index in [0.29, 0.717) is 47.2 Å². The Labute approximate surface area is 202 Å². The lowest BCUT2D eigenvalue weighted by molar-refractivity contribution is 0.0986. The molecule has 4 aromatic rings. The maximum absolute atomic E-state index is 12.7. The van der Waals surface area contributed by atoms with Crippen molar-refractivity contribution in [1.82, 2.24) is 10.3 Å². The number of aryl methyl sites for hydroxylation is 1. The topological polar surface area (TPSA) is 91.8 Å². The normalized spacial score (nSPS) is 10.5. The van der Waals surface area contributed by atoms with E-state index in [9.17, 15) is 4.79 Å². The minimum atomic E-state index is 0. The largest absolute Gasteiger partial charge is 0.383 e. The van der Waals surface area contributed by atoms with Gasteiger partial charge < -0.3 is 11.1 Å². The second-order valence-corrected chi connectivity index (χ2v) is 9.02. The van der Waals surface area contributed by atoms with Crippen LogP contribution in [-0.2, 0) is 19.5 Å². The zero-order valence-electron chi connectivity index (χ0n) is 17.3. The molecule has 0 aliphatic rings. The number of hydrogen-bond acceptors (Lipinski definition) is 6. The van der Waals surface area contributed by atoms with Crippen molar-refractivity contribution in [3.05, 3.63) is 92.3 Å². The zero-order valence-corrected chi connectivity index (χ0v) is 18.8. The average Bonchev–Trinajstić information content (AvgIpc) is 3.18. The van der Waals surface area contributed by atoms with E-state index in [-0.39, 0.29) is 13.2 Å². The minimum Gasteiger partial charge on any atom is -0.383 e. The highest BCUT2D eigenvalue weighted by Crippen LogP contribution is 2.28. The van der Waals surface area contributed by atoms with E-state index in [4.69, 9.17) is 22.6 Å². The Hall–Kier alpha value is -3.24. The summed E-state index contributed by atoms with van der Waals surface area (Å²) in [6.45, 7) is 1.18. The van der Waals surface area contributed by atoms with Crippen LogP contribution in [0.4, 0.5) is 5.82 Å². The number of pyridine rings is 1. The van der Waals surface area contributed by atoms with Crippen molar-refractivity contribution in [3.8, 4) is 6.07 Å². The van der Waals surface area contributed by atoms with Gasteiger partial charge in [-0.3, -0.25) is 4.79 Å². The van der Waals surface area contributed by atoms with Crippen molar-refractivity contribution in [1.29, 1.82) is 5.26 Å². The number of aromatic nitrogens is 1. The summed E-state index contributed by atoms with van der Waals surface area (Å²) < 4.78 is 0. The number of anilines is 1. The number of thiophene rings is 1. The Morgan fingerprint density at radius 3 is 2.79 bits per heavy atom. The summed E-state index contributed by atoms with van der Waals surface area (Å²) in [5.74, 6) is 0.594. The number of nitriles is 1. The highest BCUT2D eigenvalue weighted by Gasteiger charge is 2.14. The SMILES string of the molecule is C.N#Cc1cccc(CNCc2sc(C(=O)CCc3ccc4c(N)nccc4c3)cc2Cl)c1. The molecule has 0 unspecified atom stereocenters. The minimum absolute atomic E-state index is 0. The van der Waals surface area contributed by atoms with Crippen molar-refractivity contribution < 1.29 is 4.79 Å². The molecule has 0 saturated carbocycles. The molecule has 0 radical (unpaired) electrons. The van der Waals surface area contributed by atoms with Crippen molar-refractivity contribution in [3.63, 3.8) is 0 Å². The van der Waals surface area contributed by atoms with E-state index in [1.807, 2.05) is 36.4 Å². The van der Waals surface area contributed by atoms with Crippen LogP contribution in [-0.4, -0.2) is 10.8 Å². The Kier molecular flexibility index (Phi) is 8.18.